The number of nitrogens with one attached hydrogen (secondary N) is 1. The Morgan fingerprint density at radius 3 is 2.90 bits per heavy atom. The predicted molar refractivity (Wildman–Crippen MR) is 77.7 cm³/mol. The molecule has 0 radical (unpaired) electrons. The number of phenols is 1. The third-order valence-electron chi connectivity index (χ3n) is 2.98. The number of anilines is 1. The van der Waals surface area contributed by atoms with Crippen LogP contribution in [0.5, 0.6) is 11.5 Å². The van der Waals surface area contributed by atoms with Crippen LogP contribution in [0.4, 0.5) is 10.1 Å². The van der Waals surface area contributed by atoms with Crippen LogP contribution < -0.4 is 10.1 Å². The Morgan fingerprint density at radius 2 is 2.14 bits per heavy atom. The van der Waals surface area contributed by atoms with Crippen LogP contribution in [0.3, 0.4) is 0 Å². The minimum absolute atomic E-state index is 0.0241. The molecule has 2 N–H and O–H groups in total. The summed E-state index contributed by atoms with van der Waals surface area (Å²) in [7, 11) is 0. The fourth-order valence-electron chi connectivity index (χ4n) is 1.99. The van der Waals surface area contributed by atoms with Gasteiger partial charge in [0.25, 0.3) is 0 Å². The number of phenolic OH excluding ortho intramolecular Hbond substituents is 1. The van der Waals surface area contributed by atoms with E-state index >= 15 is 0 Å². The Morgan fingerprint density at radius 1 is 1.33 bits per heavy atom. The molecular weight excluding hydrogens is 271 g/mol. The number of hydrogen-bond donors (Lipinski definition) is 2. The number of nitrogens with zero attached hydrogens (tertiary/aromatic N) is 1. The van der Waals surface area contributed by atoms with E-state index in [1.807, 2.05) is 19.1 Å². The first-order chi connectivity index (χ1) is 10.1. The minimum Gasteiger partial charge on any atom is -0.508 e. The average molecular weight is 286 g/mol. The van der Waals surface area contributed by atoms with E-state index in [1.165, 1.54) is 18.2 Å². The number of aromatic hydroxyl groups is 1. The first kappa shape index (κ1) is 14.7. The number of hydrogen-bond acceptors (Lipinski definition) is 4. The normalized spacial score (nSPS) is 11.5. The molecule has 0 aromatic heterocycles. The molecule has 1 atom stereocenters. The number of nitriles is 1. The van der Waals surface area contributed by atoms with E-state index in [4.69, 9.17) is 10.00 Å². The van der Waals surface area contributed by atoms with Gasteiger partial charge in [-0.3, -0.25) is 0 Å². The van der Waals surface area contributed by atoms with Gasteiger partial charge in [0.05, 0.1) is 6.04 Å². The summed E-state index contributed by atoms with van der Waals surface area (Å²) in [6.45, 7) is 1.79. The van der Waals surface area contributed by atoms with E-state index in [-0.39, 0.29) is 18.4 Å². The molecule has 21 heavy (non-hydrogen) atoms. The topological polar surface area (TPSA) is 65.3 Å². The van der Waals surface area contributed by atoms with Gasteiger partial charge in [-0.25, -0.2) is 4.39 Å². The van der Waals surface area contributed by atoms with Crippen molar-refractivity contribution in [2.24, 2.45) is 0 Å². The van der Waals surface area contributed by atoms with Crippen LogP contribution in [-0.4, -0.2) is 11.7 Å². The van der Waals surface area contributed by atoms with Crippen LogP contribution in [-0.2, 0) is 0 Å². The molecule has 0 saturated heterocycles. The fourth-order valence-corrected chi connectivity index (χ4v) is 1.99. The highest BCUT2D eigenvalue weighted by Crippen LogP contribution is 2.28. The zero-order valence-corrected chi connectivity index (χ0v) is 11.5. The summed E-state index contributed by atoms with van der Waals surface area (Å²) in [5, 5.41) is 21.4. The zero-order chi connectivity index (χ0) is 15.2. The number of halogens is 1. The van der Waals surface area contributed by atoms with Crippen LogP contribution >= 0.6 is 0 Å². The second-order valence-corrected chi connectivity index (χ2v) is 4.54. The molecule has 0 aliphatic rings. The Bertz CT molecular complexity index is 668. The molecule has 0 saturated carbocycles. The van der Waals surface area contributed by atoms with Crippen LogP contribution in [0.2, 0.25) is 0 Å². The molecule has 0 amide bonds. The number of benzene rings is 2. The lowest BCUT2D eigenvalue weighted by molar-refractivity contribution is 0.368. The Kier molecular flexibility index (Phi) is 4.62. The van der Waals surface area contributed by atoms with Gasteiger partial charge in [-0.2, -0.15) is 5.26 Å². The van der Waals surface area contributed by atoms with Gasteiger partial charge in [-0.05, 0) is 37.3 Å². The van der Waals surface area contributed by atoms with Crippen molar-refractivity contribution in [2.45, 2.75) is 13.0 Å². The monoisotopic (exact) mass is 286 g/mol. The lowest BCUT2D eigenvalue weighted by atomic mass is 10.1. The second kappa shape index (κ2) is 6.62. The van der Waals surface area contributed by atoms with Crippen LogP contribution in [0.15, 0.2) is 42.5 Å². The van der Waals surface area contributed by atoms with Crippen LogP contribution in [0.25, 0.3) is 0 Å². The summed E-state index contributed by atoms with van der Waals surface area (Å²) in [5.41, 5.74) is 1.22. The van der Waals surface area contributed by atoms with E-state index in [1.54, 1.807) is 18.2 Å². The predicted octanol–water partition coefficient (Wildman–Crippen LogP) is 3.61. The van der Waals surface area contributed by atoms with Crippen molar-refractivity contribution in [1.29, 1.82) is 5.26 Å². The molecular formula is C16H15FN2O2. The summed E-state index contributed by atoms with van der Waals surface area (Å²) in [6, 6.07) is 12.5. The van der Waals surface area contributed by atoms with Crippen molar-refractivity contribution in [3.8, 4) is 17.6 Å². The third kappa shape index (κ3) is 3.86. The Labute approximate surface area is 122 Å². The summed E-state index contributed by atoms with van der Waals surface area (Å²) in [4.78, 5) is 0. The van der Waals surface area contributed by atoms with Crippen molar-refractivity contribution in [2.75, 3.05) is 11.9 Å². The molecule has 0 heterocycles. The maximum absolute atomic E-state index is 13.3. The van der Waals surface area contributed by atoms with Crippen molar-refractivity contribution in [3.63, 3.8) is 0 Å². The van der Waals surface area contributed by atoms with Crippen LogP contribution in [0.1, 0.15) is 18.5 Å². The average Bonchev–Trinajstić information content (AvgIpc) is 2.48. The van der Waals surface area contributed by atoms with Gasteiger partial charge in [0, 0.05) is 17.3 Å². The molecule has 0 bridgehead atoms. The summed E-state index contributed by atoms with van der Waals surface area (Å²) in [5.74, 6) is 0.202. The zero-order valence-electron chi connectivity index (χ0n) is 11.5. The molecule has 108 valence electrons. The van der Waals surface area contributed by atoms with Gasteiger partial charge in [0.15, 0.2) is 6.61 Å². The maximum atomic E-state index is 13.3. The van der Waals surface area contributed by atoms with E-state index in [0.717, 1.165) is 5.69 Å². The van der Waals surface area contributed by atoms with Gasteiger partial charge >= 0.3 is 0 Å². The summed E-state index contributed by atoms with van der Waals surface area (Å²) >= 11 is 0. The molecule has 2 aromatic rings. The quantitative estimate of drug-likeness (QED) is 0.881. The molecule has 2 aromatic carbocycles. The third-order valence-corrected chi connectivity index (χ3v) is 2.98. The smallest absolute Gasteiger partial charge is 0.174 e. The van der Waals surface area contributed by atoms with Crippen molar-refractivity contribution in [3.05, 3.63) is 53.8 Å². The van der Waals surface area contributed by atoms with Crippen molar-refractivity contribution in [1.82, 2.24) is 0 Å². The van der Waals surface area contributed by atoms with Gasteiger partial charge in [0.1, 0.15) is 23.4 Å². The first-order valence-corrected chi connectivity index (χ1v) is 6.45. The molecule has 0 spiro atoms. The van der Waals surface area contributed by atoms with Gasteiger partial charge in [-0.1, -0.05) is 6.07 Å². The van der Waals surface area contributed by atoms with E-state index in [2.05, 4.69) is 5.32 Å². The maximum Gasteiger partial charge on any atom is 0.174 e. The van der Waals surface area contributed by atoms with E-state index in [0.29, 0.717) is 11.3 Å². The van der Waals surface area contributed by atoms with Gasteiger partial charge in [-0.15, -0.1) is 0 Å². The summed E-state index contributed by atoms with van der Waals surface area (Å²) < 4.78 is 18.5. The highest BCUT2D eigenvalue weighted by Gasteiger charge is 2.11. The molecule has 0 fully saturated rings. The molecule has 0 aliphatic heterocycles. The molecule has 4 nitrogen and oxygen atoms in total. The largest absolute Gasteiger partial charge is 0.508 e. The highest BCUT2D eigenvalue weighted by molar-refractivity contribution is 5.51. The lowest BCUT2D eigenvalue weighted by Gasteiger charge is -2.17. The number of rotatable bonds is 5. The van der Waals surface area contributed by atoms with Crippen molar-refractivity contribution < 1.29 is 14.2 Å². The highest BCUT2D eigenvalue weighted by atomic mass is 19.1. The lowest BCUT2D eigenvalue weighted by Crippen LogP contribution is -2.07. The standard InChI is InChI=1S/C16H15FN2O2/c1-11(15-9-12(17)5-6-16(15)20)19-13-3-2-4-14(10-13)21-8-7-18/h2-6,9-11,19-20H,8H2,1H3. The summed E-state index contributed by atoms with van der Waals surface area (Å²) in [6.07, 6.45) is 0. The van der Waals surface area contributed by atoms with E-state index < -0.39 is 5.82 Å². The minimum atomic E-state index is -0.400. The number of ether oxygens (including phenoxy) is 1. The van der Waals surface area contributed by atoms with Gasteiger partial charge in [0.2, 0.25) is 0 Å². The molecule has 0 aliphatic carbocycles. The second-order valence-electron chi connectivity index (χ2n) is 4.54. The first-order valence-electron chi connectivity index (χ1n) is 6.45. The molecule has 5 heteroatoms. The van der Waals surface area contributed by atoms with Crippen molar-refractivity contribution >= 4 is 5.69 Å². The van der Waals surface area contributed by atoms with E-state index in [9.17, 15) is 9.50 Å². The molecule has 2 rings (SSSR count). The Balaban J connectivity index is 2.14. The SMILES string of the molecule is CC(Nc1cccc(OCC#N)c1)c1cc(F)ccc1O. The molecule has 1 unspecified atom stereocenters. The van der Waals surface area contributed by atoms with Gasteiger partial charge < -0.3 is 15.2 Å². The van der Waals surface area contributed by atoms with Crippen LogP contribution in [0, 0.1) is 17.1 Å². The fraction of sp³-hybridized carbons (Fsp3) is 0.188. The Hall–Kier alpha value is -2.74.